The van der Waals surface area contributed by atoms with Gasteiger partial charge >= 0.3 is 0 Å². The summed E-state index contributed by atoms with van der Waals surface area (Å²) in [5.41, 5.74) is 2.88. The molecule has 0 bridgehead atoms. The zero-order chi connectivity index (χ0) is 19.2. The molecule has 0 saturated carbocycles. The number of H-pyrrole nitrogens is 1. The smallest absolute Gasteiger partial charge is 0.237 e. The quantitative estimate of drug-likeness (QED) is 0.596. The third-order valence-corrected chi connectivity index (χ3v) is 4.84. The third-order valence-electron chi connectivity index (χ3n) is 3.87. The van der Waals surface area contributed by atoms with Crippen LogP contribution in [0.4, 0.5) is 5.69 Å². The Balaban J connectivity index is 1.58. The molecule has 0 saturated heterocycles. The number of aromatic nitrogens is 3. The number of hydrogen-bond donors (Lipinski definition) is 2. The molecule has 7 heteroatoms. The van der Waals surface area contributed by atoms with Crippen molar-refractivity contribution in [2.45, 2.75) is 31.2 Å². The first kappa shape index (κ1) is 19.0. The molecule has 0 aliphatic heterocycles. The largest absolute Gasteiger partial charge is 0.494 e. The number of rotatable bonds is 7. The molecule has 1 aromatic heterocycles. The summed E-state index contributed by atoms with van der Waals surface area (Å²) >= 11 is 1.31. The molecule has 0 aliphatic rings. The second-order valence-corrected chi connectivity index (χ2v) is 7.35. The molecule has 27 heavy (non-hydrogen) atoms. The first-order chi connectivity index (χ1) is 13.0. The maximum Gasteiger partial charge on any atom is 0.237 e. The van der Waals surface area contributed by atoms with E-state index in [1.807, 2.05) is 69.3 Å². The molecule has 3 rings (SSSR count). The van der Waals surface area contributed by atoms with E-state index in [1.54, 1.807) is 0 Å². The van der Waals surface area contributed by atoms with E-state index in [9.17, 15) is 4.79 Å². The number of hydrogen-bond acceptors (Lipinski definition) is 5. The lowest BCUT2D eigenvalue weighted by molar-refractivity contribution is -0.115. The SMILES string of the molecule is CCOc1ccc(NC(=O)C(C)Sc2n[nH]c(-c3ccc(C)cc3)n2)cc1. The first-order valence-corrected chi connectivity index (χ1v) is 9.63. The highest BCUT2D eigenvalue weighted by Crippen LogP contribution is 2.24. The van der Waals surface area contributed by atoms with E-state index in [-0.39, 0.29) is 11.2 Å². The first-order valence-electron chi connectivity index (χ1n) is 8.75. The van der Waals surface area contributed by atoms with Gasteiger partial charge in [0, 0.05) is 11.3 Å². The van der Waals surface area contributed by atoms with E-state index in [4.69, 9.17) is 4.74 Å². The Morgan fingerprint density at radius 1 is 1.19 bits per heavy atom. The predicted octanol–water partition coefficient (Wildman–Crippen LogP) is 4.30. The number of anilines is 1. The summed E-state index contributed by atoms with van der Waals surface area (Å²) in [7, 11) is 0. The fraction of sp³-hybridized carbons (Fsp3) is 0.250. The lowest BCUT2D eigenvalue weighted by atomic mass is 10.1. The second-order valence-electron chi connectivity index (χ2n) is 6.04. The molecule has 0 fully saturated rings. The van der Waals surface area contributed by atoms with Crippen LogP contribution in [0.3, 0.4) is 0 Å². The van der Waals surface area contributed by atoms with Crippen LogP contribution < -0.4 is 10.1 Å². The van der Waals surface area contributed by atoms with Crippen LogP contribution in [0.1, 0.15) is 19.4 Å². The predicted molar refractivity (Wildman–Crippen MR) is 108 cm³/mol. The summed E-state index contributed by atoms with van der Waals surface area (Å²) in [6.07, 6.45) is 0. The van der Waals surface area contributed by atoms with Gasteiger partial charge in [-0.15, -0.1) is 5.10 Å². The van der Waals surface area contributed by atoms with Gasteiger partial charge in [-0.3, -0.25) is 9.89 Å². The average molecular weight is 382 g/mol. The summed E-state index contributed by atoms with van der Waals surface area (Å²) in [5, 5.41) is 10.2. The molecular formula is C20H22N4O2S. The molecule has 1 unspecified atom stereocenters. The van der Waals surface area contributed by atoms with Gasteiger partial charge in [0.1, 0.15) is 5.75 Å². The van der Waals surface area contributed by atoms with Crippen molar-refractivity contribution in [2.75, 3.05) is 11.9 Å². The Hall–Kier alpha value is -2.80. The maximum atomic E-state index is 12.4. The van der Waals surface area contributed by atoms with E-state index in [0.29, 0.717) is 17.6 Å². The van der Waals surface area contributed by atoms with Gasteiger partial charge in [-0.2, -0.15) is 0 Å². The Labute approximate surface area is 162 Å². The minimum Gasteiger partial charge on any atom is -0.494 e. The van der Waals surface area contributed by atoms with Gasteiger partial charge in [0.25, 0.3) is 0 Å². The second kappa shape index (κ2) is 8.73. The van der Waals surface area contributed by atoms with Crippen LogP contribution in [0.25, 0.3) is 11.4 Å². The molecule has 0 radical (unpaired) electrons. The number of nitrogens with one attached hydrogen (secondary N) is 2. The normalized spacial score (nSPS) is 11.8. The Morgan fingerprint density at radius 3 is 2.56 bits per heavy atom. The fourth-order valence-corrected chi connectivity index (χ4v) is 3.12. The van der Waals surface area contributed by atoms with Crippen molar-refractivity contribution in [3.8, 4) is 17.1 Å². The number of thioether (sulfide) groups is 1. The highest BCUT2D eigenvalue weighted by Gasteiger charge is 2.17. The van der Waals surface area contributed by atoms with Crippen LogP contribution in [-0.2, 0) is 4.79 Å². The summed E-state index contributed by atoms with van der Waals surface area (Å²) in [4.78, 5) is 16.9. The molecule has 0 aliphatic carbocycles. The maximum absolute atomic E-state index is 12.4. The zero-order valence-corrected chi connectivity index (χ0v) is 16.3. The Kier molecular flexibility index (Phi) is 6.13. The van der Waals surface area contributed by atoms with Crippen molar-refractivity contribution in [3.05, 3.63) is 54.1 Å². The van der Waals surface area contributed by atoms with E-state index >= 15 is 0 Å². The number of aromatic amines is 1. The van der Waals surface area contributed by atoms with E-state index < -0.39 is 0 Å². The van der Waals surface area contributed by atoms with Crippen molar-refractivity contribution >= 4 is 23.4 Å². The number of carbonyl (C=O) groups is 1. The van der Waals surface area contributed by atoms with Crippen molar-refractivity contribution in [3.63, 3.8) is 0 Å². The van der Waals surface area contributed by atoms with Crippen LogP contribution in [0.5, 0.6) is 5.75 Å². The minimum atomic E-state index is -0.335. The molecule has 1 heterocycles. The number of amides is 1. The Bertz CT molecular complexity index is 891. The number of nitrogens with zero attached hydrogens (tertiary/aromatic N) is 2. The van der Waals surface area contributed by atoms with Crippen LogP contribution in [0, 0.1) is 6.92 Å². The van der Waals surface area contributed by atoms with Crippen LogP contribution in [-0.4, -0.2) is 32.9 Å². The number of aryl methyl sites for hydroxylation is 1. The van der Waals surface area contributed by atoms with Gasteiger partial charge in [0.2, 0.25) is 11.1 Å². The van der Waals surface area contributed by atoms with Crippen LogP contribution >= 0.6 is 11.8 Å². The topological polar surface area (TPSA) is 79.9 Å². The lowest BCUT2D eigenvalue weighted by Crippen LogP contribution is -2.22. The summed E-state index contributed by atoms with van der Waals surface area (Å²) in [6.45, 7) is 6.41. The molecule has 3 aromatic rings. The monoisotopic (exact) mass is 382 g/mol. The van der Waals surface area contributed by atoms with Gasteiger partial charge in [0.05, 0.1) is 11.9 Å². The van der Waals surface area contributed by atoms with Crippen LogP contribution in [0.2, 0.25) is 0 Å². The van der Waals surface area contributed by atoms with E-state index in [2.05, 4.69) is 20.5 Å². The van der Waals surface area contributed by atoms with Gasteiger partial charge in [-0.25, -0.2) is 4.98 Å². The minimum absolute atomic E-state index is 0.106. The van der Waals surface area contributed by atoms with Crippen LogP contribution in [0.15, 0.2) is 53.7 Å². The summed E-state index contributed by atoms with van der Waals surface area (Å²) < 4.78 is 5.40. The molecule has 140 valence electrons. The molecule has 1 atom stereocenters. The van der Waals surface area contributed by atoms with Crippen molar-refractivity contribution < 1.29 is 9.53 Å². The van der Waals surface area contributed by atoms with Crippen molar-refractivity contribution in [1.82, 2.24) is 15.2 Å². The lowest BCUT2D eigenvalue weighted by Gasteiger charge is -2.10. The standard InChI is InChI=1S/C20H22N4O2S/c1-4-26-17-11-9-16(10-12-17)21-19(25)14(3)27-20-22-18(23-24-20)15-7-5-13(2)6-8-15/h5-12,14H,4H2,1-3H3,(H,21,25)(H,22,23,24). The van der Waals surface area contributed by atoms with Gasteiger partial charge in [0.15, 0.2) is 5.82 Å². The fourth-order valence-electron chi connectivity index (χ4n) is 2.40. The van der Waals surface area contributed by atoms with E-state index in [0.717, 1.165) is 17.0 Å². The highest BCUT2D eigenvalue weighted by atomic mass is 32.2. The molecule has 2 aromatic carbocycles. The molecule has 1 amide bonds. The van der Waals surface area contributed by atoms with Gasteiger partial charge in [-0.05, 0) is 45.0 Å². The average Bonchev–Trinajstić information content (AvgIpc) is 3.12. The van der Waals surface area contributed by atoms with Gasteiger partial charge < -0.3 is 10.1 Å². The molecule has 6 nitrogen and oxygen atoms in total. The highest BCUT2D eigenvalue weighted by molar-refractivity contribution is 8.00. The number of ether oxygens (including phenoxy) is 1. The third kappa shape index (κ3) is 5.10. The van der Waals surface area contributed by atoms with Crippen molar-refractivity contribution in [2.24, 2.45) is 0 Å². The Morgan fingerprint density at radius 2 is 1.89 bits per heavy atom. The molecule has 2 N–H and O–H groups in total. The number of carbonyl (C=O) groups excluding carboxylic acids is 1. The van der Waals surface area contributed by atoms with Crippen molar-refractivity contribution in [1.29, 1.82) is 0 Å². The zero-order valence-electron chi connectivity index (χ0n) is 15.5. The van der Waals surface area contributed by atoms with Gasteiger partial charge in [-0.1, -0.05) is 41.6 Å². The number of benzene rings is 2. The summed E-state index contributed by atoms with van der Waals surface area (Å²) in [6, 6.07) is 15.3. The van der Waals surface area contributed by atoms with E-state index in [1.165, 1.54) is 17.3 Å². The molecular weight excluding hydrogens is 360 g/mol. The molecule has 0 spiro atoms. The summed E-state index contributed by atoms with van der Waals surface area (Å²) in [5.74, 6) is 1.37.